The minimum atomic E-state index is -2.97. The van der Waals surface area contributed by atoms with E-state index in [1.54, 1.807) is 24.3 Å². The molecule has 0 bridgehead atoms. The Balaban J connectivity index is 1.29. The van der Waals surface area contributed by atoms with Crippen molar-refractivity contribution in [2.75, 3.05) is 9.80 Å². The van der Waals surface area contributed by atoms with Crippen LogP contribution in [0.3, 0.4) is 0 Å². The molecule has 9 rings (SSSR count). The van der Waals surface area contributed by atoms with Gasteiger partial charge < -0.3 is 9.80 Å². The first-order chi connectivity index (χ1) is 26.4. The number of para-hydroxylation sites is 2. The normalized spacial score (nSPS) is 13.3. The lowest BCUT2D eigenvalue weighted by Gasteiger charge is -2.45. The Morgan fingerprint density at radius 3 is 1.22 bits per heavy atom. The minimum absolute atomic E-state index is 0.0405. The summed E-state index contributed by atoms with van der Waals surface area (Å²) in [5.41, 5.74) is 15.2. The van der Waals surface area contributed by atoms with E-state index >= 15 is 0 Å². The number of benzene rings is 7. The van der Waals surface area contributed by atoms with E-state index in [2.05, 4.69) is 90.4 Å². The zero-order chi connectivity index (χ0) is 38.2. The van der Waals surface area contributed by atoms with Crippen molar-refractivity contribution in [2.45, 2.75) is 21.7 Å². The summed E-state index contributed by atoms with van der Waals surface area (Å²) in [4.78, 5) is 4.63. The van der Waals surface area contributed by atoms with Gasteiger partial charge in [-0.25, -0.2) is 0 Å². The van der Waals surface area contributed by atoms with Crippen molar-refractivity contribution >= 4 is 102 Å². The second-order valence-electron chi connectivity index (χ2n) is 14.1. The van der Waals surface area contributed by atoms with Gasteiger partial charge in [0.2, 0.25) is 0 Å². The fraction of sp³-hybridized carbons (Fsp3) is 0.0870. The Morgan fingerprint density at radius 2 is 0.818 bits per heavy atom. The van der Waals surface area contributed by atoms with Crippen LogP contribution in [0.15, 0.2) is 152 Å². The predicted octanol–water partition coefficient (Wildman–Crippen LogP) is 12.7. The van der Waals surface area contributed by atoms with Crippen LogP contribution < -0.4 is 26.2 Å². The highest BCUT2D eigenvalue weighted by Crippen LogP contribution is 2.48. The van der Waals surface area contributed by atoms with Crippen molar-refractivity contribution in [1.82, 2.24) is 0 Å². The van der Waals surface area contributed by atoms with Crippen LogP contribution in [0.5, 0.6) is 0 Å². The van der Waals surface area contributed by atoms with Gasteiger partial charge in [-0.1, -0.05) is 126 Å². The average Bonchev–Trinajstić information content (AvgIpc) is 3.17. The number of halogens is 6. The van der Waals surface area contributed by atoms with Crippen molar-refractivity contribution in [3.8, 4) is 22.3 Å². The summed E-state index contributed by atoms with van der Waals surface area (Å²) in [7, 11) is 0. The number of rotatable bonds is 6. The van der Waals surface area contributed by atoms with Crippen LogP contribution >= 0.6 is 45.2 Å². The van der Waals surface area contributed by atoms with Gasteiger partial charge in [0.15, 0.2) is 0 Å². The molecular formula is C46H31BF4I2N2. The molecule has 0 saturated heterocycles. The van der Waals surface area contributed by atoms with Gasteiger partial charge in [0.25, 0.3) is 6.71 Å². The van der Waals surface area contributed by atoms with E-state index in [9.17, 15) is 17.6 Å². The second kappa shape index (κ2) is 13.5. The molecule has 9 heteroatoms. The third-order valence-corrected chi connectivity index (χ3v) is 11.9. The van der Waals surface area contributed by atoms with Crippen molar-refractivity contribution in [3.63, 3.8) is 0 Å². The van der Waals surface area contributed by atoms with Gasteiger partial charge in [0.1, 0.15) is 0 Å². The molecule has 0 saturated carbocycles. The highest BCUT2D eigenvalue weighted by molar-refractivity contribution is 14.1. The van der Waals surface area contributed by atoms with Gasteiger partial charge in [-0.05, 0) is 77.8 Å². The zero-order valence-corrected chi connectivity index (χ0v) is 34.0. The van der Waals surface area contributed by atoms with E-state index in [0.29, 0.717) is 0 Å². The maximum atomic E-state index is 14.2. The number of alkyl halides is 6. The van der Waals surface area contributed by atoms with Gasteiger partial charge >= 0.3 is 7.86 Å². The van der Waals surface area contributed by atoms with E-state index in [0.717, 1.165) is 73.0 Å². The molecule has 2 nitrogen and oxygen atoms in total. The first kappa shape index (κ1) is 36.0. The van der Waals surface area contributed by atoms with Crippen LogP contribution in [-0.2, 0) is 7.86 Å². The molecule has 0 aromatic heterocycles. The van der Waals surface area contributed by atoms with Crippen molar-refractivity contribution < 1.29 is 17.6 Å². The lowest BCUT2D eigenvalue weighted by atomic mass is 9.33. The average molecular weight is 952 g/mol. The van der Waals surface area contributed by atoms with E-state index in [1.807, 2.05) is 36.4 Å². The first-order valence-electron chi connectivity index (χ1n) is 17.9. The molecule has 2 heterocycles. The van der Waals surface area contributed by atoms with Crippen LogP contribution in [-0.4, -0.2) is 6.71 Å². The van der Waals surface area contributed by atoms with E-state index in [1.165, 1.54) is 80.4 Å². The molecule has 55 heavy (non-hydrogen) atoms. The van der Waals surface area contributed by atoms with Gasteiger partial charge in [-0.2, -0.15) is 17.6 Å². The fourth-order valence-corrected chi connectivity index (χ4v) is 8.92. The lowest BCUT2D eigenvalue weighted by Crippen LogP contribution is -2.61. The van der Waals surface area contributed by atoms with Gasteiger partial charge in [-0.3, -0.25) is 0 Å². The monoisotopic (exact) mass is 952 g/mol. The fourth-order valence-electron chi connectivity index (χ4n) is 8.20. The molecule has 0 atom stereocenters. The van der Waals surface area contributed by atoms with Crippen LogP contribution in [0.4, 0.5) is 51.7 Å². The summed E-state index contributed by atoms with van der Waals surface area (Å²) >= 11 is 2.34. The van der Waals surface area contributed by atoms with E-state index in [-0.39, 0.29) is 17.8 Å². The summed E-state index contributed by atoms with van der Waals surface area (Å²) in [6.07, 6.45) is 0. The highest BCUT2D eigenvalue weighted by atomic mass is 127. The number of hydrogen-bond acceptors (Lipinski definition) is 2. The Kier molecular flexibility index (Phi) is 8.88. The van der Waals surface area contributed by atoms with Crippen LogP contribution in [0.2, 0.25) is 0 Å². The van der Waals surface area contributed by atoms with Crippen molar-refractivity contribution in [1.29, 1.82) is 0 Å². The predicted molar refractivity (Wildman–Crippen MR) is 237 cm³/mol. The first-order valence-corrected chi connectivity index (χ1v) is 20.0. The molecule has 2 aliphatic rings. The van der Waals surface area contributed by atoms with E-state index < -0.39 is 7.86 Å². The van der Waals surface area contributed by atoms with Crippen molar-refractivity contribution in [3.05, 3.63) is 174 Å². The quantitative estimate of drug-likeness (QED) is 0.0709. The maximum Gasteiger partial charge on any atom is 0.321 e. The highest BCUT2D eigenvalue weighted by Gasteiger charge is 2.44. The molecule has 7 aromatic rings. The van der Waals surface area contributed by atoms with Crippen molar-refractivity contribution in [2.24, 2.45) is 0 Å². The number of hydrogen-bond donors (Lipinski definition) is 0. The molecule has 0 fully saturated rings. The standard InChI is InChI=1S/C46H31BF4I2N2/c1-28-14-24-40-36(26-28)47-37-27-29(2)15-25-41(37)55(39-11-6-4-9-35(39)31-18-22-33(23-19-31)46(50,51)53)43-13-7-12-42(44(43)47)54(40)38-10-5-3-8-34(38)30-16-20-32(21-17-30)45(48,49)52/h3-27H,1-2H3. The Bertz CT molecular complexity index is 2440. The Hall–Kier alpha value is -4.62. The summed E-state index contributed by atoms with van der Waals surface area (Å²) in [5.74, 6) is 0. The largest absolute Gasteiger partial charge is 0.321 e. The Labute approximate surface area is 345 Å². The number of anilines is 6. The van der Waals surface area contributed by atoms with Crippen LogP contribution in [0, 0.1) is 13.8 Å². The summed E-state index contributed by atoms with van der Waals surface area (Å²) in [6.45, 7) is 4.15. The molecule has 0 radical (unpaired) electrons. The van der Waals surface area contributed by atoms with E-state index in [4.69, 9.17) is 0 Å². The third kappa shape index (κ3) is 6.23. The molecule has 2 aliphatic heterocycles. The maximum absolute atomic E-state index is 14.2. The summed E-state index contributed by atoms with van der Waals surface area (Å²) < 4.78 is 51.1. The van der Waals surface area contributed by atoms with Gasteiger partial charge in [-0.15, -0.1) is 0 Å². The molecular weight excluding hydrogens is 921 g/mol. The SMILES string of the molecule is Cc1ccc2c(c1)B1c3cc(C)ccc3N(c3ccccc3-c3ccc(C(F)(F)I)cc3)c3cccc(c31)N2c1ccccc1-c1ccc(C(F)(F)I)cc1. The summed E-state index contributed by atoms with van der Waals surface area (Å²) in [5, 5.41) is 0. The van der Waals surface area contributed by atoms with Gasteiger partial charge in [0, 0.05) is 90.2 Å². The lowest BCUT2D eigenvalue weighted by molar-refractivity contribution is 0.127. The number of nitrogens with zero attached hydrogens (tertiary/aromatic N) is 2. The second-order valence-corrected chi connectivity index (χ2v) is 16.8. The number of fused-ring (bicyclic) bond motifs is 4. The molecule has 0 aliphatic carbocycles. The smallest absolute Gasteiger partial charge is 0.311 e. The van der Waals surface area contributed by atoms with Gasteiger partial charge in [0.05, 0.1) is 11.4 Å². The summed E-state index contributed by atoms with van der Waals surface area (Å²) in [6, 6.07) is 49.0. The molecule has 0 amide bonds. The molecule has 0 spiro atoms. The Morgan fingerprint density at radius 1 is 0.436 bits per heavy atom. The molecule has 0 unspecified atom stereocenters. The third-order valence-electron chi connectivity index (χ3n) is 10.6. The molecule has 270 valence electrons. The number of aryl methyl sites for hydroxylation is 2. The van der Waals surface area contributed by atoms with Crippen LogP contribution in [0.25, 0.3) is 22.3 Å². The molecule has 7 aromatic carbocycles. The van der Waals surface area contributed by atoms with Crippen LogP contribution in [0.1, 0.15) is 22.3 Å². The molecule has 0 N–H and O–H groups in total. The zero-order valence-electron chi connectivity index (χ0n) is 29.7. The topological polar surface area (TPSA) is 6.48 Å². The minimum Gasteiger partial charge on any atom is -0.311 e.